The van der Waals surface area contributed by atoms with E-state index in [4.69, 9.17) is 0 Å². The zero-order chi connectivity index (χ0) is 18.8. The summed E-state index contributed by atoms with van der Waals surface area (Å²) in [5.74, 6) is -5.01. The number of esters is 1. The van der Waals surface area contributed by atoms with Crippen LogP contribution in [0.2, 0.25) is 0 Å². The number of nitrogens with one attached hydrogen (secondary N) is 2. The molecule has 2 heterocycles. The molecule has 1 aliphatic heterocycles. The highest BCUT2D eigenvalue weighted by molar-refractivity contribution is 5.81. The van der Waals surface area contributed by atoms with Crippen molar-refractivity contribution in [1.82, 2.24) is 20.2 Å². The van der Waals surface area contributed by atoms with Crippen molar-refractivity contribution in [3.05, 3.63) is 52.9 Å². The zero-order valence-corrected chi connectivity index (χ0v) is 13.7. The SMILES string of the molecule is COC(=O)CNC(=O)N1CCc2[nH]cnc2C1c1ccc(F)c(F)c1F. The predicted molar refractivity (Wildman–Crippen MR) is 82.6 cm³/mol. The summed E-state index contributed by atoms with van der Waals surface area (Å²) in [4.78, 5) is 31.9. The minimum Gasteiger partial charge on any atom is -0.468 e. The van der Waals surface area contributed by atoms with Gasteiger partial charge in [-0.2, -0.15) is 0 Å². The molecule has 138 valence electrons. The molecule has 1 aromatic carbocycles. The van der Waals surface area contributed by atoms with Gasteiger partial charge >= 0.3 is 12.0 Å². The molecule has 1 aliphatic rings. The molecule has 1 atom stereocenters. The van der Waals surface area contributed by atoms with Crippen molar-refractivity contribution >= 4 is 12.0 Å². The number of fused-ring (bicyclic) bond motifs is 1. The van der Waals surface area contributed by atoms with Gasteiger partial charge in [0.15, 0.2) is 17.5 Å². The van der Waals surface area contributed by atoms with E-state index in [9.17, 15) is 22.8 Å². The maximum absolute atomic E-state index is 14.4. The molecule has 0 aliphatic carbocycles. The minimum atomic E-state index is -1.62. The van der Waals surface area contributed by atoms with Gasteiger partial charge in [-0.3, -0.25) is 4.79 Å². The van der Waals surface area contributed by atoms with E-state index in [1.165, 1.54) is 18.3 Å². The van der Waals surface area contributed by atoms with Crippen LogP contribution in [0.15, 0.2) is 18.5 Å². The van der Waals surface area contributed by atoms with E-state index >= 15 is 0 Å². The maximum atomic E-state index is 14.4. The third-order valence-corrected chi connectivity index (χ3v) is 4.16. The van der Waals surface area contributed by atoms with Crippen LogP contribution in [0.5, 0.6) is 0 Å². The second-order valence-corrected chi connectivity index (χ2v) is 5.61. The molecule has 3 rings (SSSR count). The molecule has 7 nitrogen and oxygen atoms in total. The summed E-state index contributed by atoms with van der Waals surface area (Å²) < 4.78 is 45.8. The fourth-order valence-electron chi connectivity index (χ4n) is 2.88. The second-order valence-electron chi connectivity index (χ2n) is 5.61. The smallest absolute Gasteiger partial charge is 0.325 e. The number of carbonyl (C=O) groups is 2. The van der Waals surface area contributed by atoms with Crippen LogP contribution in [0.1, 0.15) is 23.0 Å². The number of ether oxygens (including phenoxy) is 1. The number of urea groups is 1. The first kappa shape index (κ1) is 17.8. The summed E-state index contributed by atoms with van der Waals surface area (Å²) in [5, 5.41) is 2.36. The summed E-state index contributed by atoms with van der Waals surface area (Å²) >= 11 is 0. The molecule has 0 bridgehead atoms. The molecule has 0 radical (unpaired) electrons. The van der Waals surface area contributed by atoms with Crippen LogP contribution in [0.3, 0.4) is 0 Å². The van der Waals surface area contributed by atoms with Crippen molar-refractivity contribution in [3.8, 4) is 0 Å². The van der Waals surface area contributed by atoms with Crippen molar-refractivity contribution in [1.29, 1.82) is 0 Å². The highest BCUT2D eigenvalue weighted by atomic mass is 19.2. The molecule has 0 saturated carbocycles. The normalized spacial score (nSPS) is 16.2. The molecule has 0 spiro atoms. The Labute approximate surface area is 146 Å². The van der Waals surface area contributed by atoms with Crippen LogP contribution in [-0.2, 0) is 16.0 Å². The first-order valence-corrected chi connectivity index (χ1v) is 7.70. The zero-order valence-electron chi connectivity index (χ0n) is 13.7. The number of imidazole rings is 1. The van der Waals surface area contributed by atoms with Crippen molar-refractivity contribution in [2.24, 2.45) is 0 Å². The first-order chi connectivity index (χ1) is 12.4. The Morgan fingerprint density at radius 2 is 2.12 bits per heavy atom. The topological polar surface area (TPSA) is 87.3 Å². The number of rotatable bonds is 3. The summed E-state index contributed by atoms with van der Waals surface area (Å²) in [6, 6.07) is 0.109. The van der Waals surface area contributed by atoms with Crippen molar-refractivity contribution in [2.75, 3.05) is 20.2 Å². The van der Waals surface area contributed by atoms with Crippen molar-refractivity contribution in [3.63, 3.8) is 0 Å². The number of methoxy groups -OCH3 is 1. The Hall–Kier alpha value is -3.04. The Morgan fingerprint density at radius 1 is 1.35 bits per heavy atom. The largest absolute Gasteiger partial charge is 0.468 e. The van der Waals surface area contributed by atoms with Crippen LogP contribution in [-0.4, -0.2) is 47.1 Å². The fourth-order valence-corrected chi connectivity index (χ4v) is 2.88. The number of aromatic amines is 1. The number of carbonyl (C=O) groups excluding carboxylic acids is 2. The highest BCUT2D eigenvalue weighted by Crippen LogP contribution is 2.35. The summed E-state index contributed by atoms with van der Waals surface area (Å²) in [7, 11) is 1.17. The van der Waals surface area contributed by atoms with Crippen LogP contribution in [0.25, 0.3) is 0 Å². The van der Waals surface area contributed by atoms with Crippen LogP contribution in [0, 0.1) is 17.5 Å². The minimum absolute atomic E-state index is 0.158. The van der Waals surface area contributed by atoms with Gasteiger partial charge in [0.25, 0.3) is 0 Å². The van der Waals surface area contributed by atoms with Crippen LogP contribution < -0.4 is 5.32 Å². The number of halogens is 3. The predicted octanol–water partition coefficient (Wildman–Crippen LogP) is 1.66. The van der Waals surface area contributed by atoms with E-state index in [0.717, 1.165) is 12.1 Å². The van der Waals surface area contributed by atoms with Gasteiger partial charge in [-0.15, -0.1) is 0 Å². The number of amides is 2. The van der Waals surface area contributed by atoms with Gasteiger partial charge in [0.05, 0.1) is 19.1 Å². The van der Waals surface area contributed by atoms with E-state index in [2.05, 4.69) is 20.0 Å². The molecule has 2 aromatic rings. The Kier molecular flexibility index (Phi) is 4.83. The lowest BCUT2D eigenvalue weighted by Crippen LogP contribution is -2.47. The van der Waals surface area contributed by atoms with E-state index in [1.54, 1.807) is 0 Å². The third-order valence-electron chi connectivity index (χ3n) is 4.16. The molecule has 0 saturated heterocycles. The van der Waals surface area contributed by atoms with E-state index < -0.39 is 35.5 Å². The van der Waals surface area contributed by atoms with Gasteiger partial charge in [0, 0.05) is 24.2 Å². The van der Waals surface area contributed by atoms with Gasteiger partial charge in [-0.25, -0.2) is 22.9 Å². The Balaban J connectivity index is 1.98. The molecular formula is C16H15F3N4O3. The molecule has 1 aromatic heterocycles. The standard InChI is InChI=1S/C16H15F3N4O3/c1-26-11(24)6-20-16(25)23-5-4-10-14(22-7-21-10)15(23)8-2-3-9(17)13(19)12(8)18/h2-3,7,15H,4-6H2,1H3,(H,20,25)(H,21,22). The number of aromatic nitrogens is 2. The monoisotopic (exact) mass is 368 g/mol. The average Bonchev–Trinajstić information content (AvgIpc) is 3.12. The molecule has 2 N–H and O–H groups in total. The van der Waals surface area contributed by atoms with Gasteiger partial charge in [-0.1, -0.05) is 6.07 Å². The molecular weight excluding hydrogens is 353 g/mol. The van der Waals surface area contributed by atoms with E-state index in [-0.39, 0.29) is 18.7 Å². The van der Waals surface area contributed by atoms with E-state index in [0.29, 0.717) is 17.8 Å². The van der Waals surface area contributed by atoms with Gasteiger partial charge in [0.1, 0.15) is 12.6 Å². The van der Waals surface area contributed by atoms with Gasteiger partial charge in [0.2, 0.25) is 0 Å². The van der Waals surface area contributed by atoms with Crippen molar-refractivity contribution < 1.29 is 27.5 Å². The van der Waals surface area contributed by atoms with Crippen LogP contribution >= 0.6 is 0 Å². The number of nitrogens with zero attached hydrogens (tertiary/aromatic N) is 2. The molecule has 10 heteroatoms. The van der Waals surface area contributed by atoms with Gasteiger partial charge < -0.3 is 19.9 Å². The molecule has 2 amide bonds. The van der Waals surface area contributed by atoms with E-state index in [1.807, 2.05) is 0 Å². The van der Waals surface area contributed by atoms with Gasteiger partial charge in [-0.05, 0) is 6.07 Å². The molecule has 1 unspecified atom stereocenters. The highest BCUT2D eigenvalue weighted by Gasteiger charge is 2.36. The molecule has 26 heavy (non-hydrogen) atoms. The summed E-state index contributed by atoms with van der Waals surface area (Å²) in [6.07, 6.45) is 1.79. The van der Waals surface area contributed by atoms with Crippen molar-refractivity contribution in [2.45, 2.75) is 12.5 Å². The number of hydrogen-bond acceptors (Lipinski definition) is 4. The maximum Gasteiger partial charge on any atom is 0.325 e. The third kappa shape index (κ3) is 3.09. The van der Waals surface area contributed by atoms with Crippen LogP contribution in [0.4, 0.5) is 18.0 Å². The Bertz CT molecular complexity index is 855. The summed E-state index contributed by atoms with van der Waals surface area (Å²) in [6.45, 7) is -0.225. The molecule has 0 fully saturated rings. The lowest BCUT2D eigenvalue weighted by atomic mass is 9.95. The Morgan fingerprint density at radius 3 is 2.85 bits per heavy atom. The summed E-state index contributed by atoms with van der Waals surface area (Å²) in [5.41, 5.74) is 0.760. The fraction of sp³-hybridized carbons (Fsp3) is 0.312. The lowest BCUT2D eigenvalue weighted by molar-refractivity contribution is -0.139. The average molecular weight is 368 g/mol. The lowest BCUT2D eigenvalue weighted by Gasteiger charge is -2.35. The number of benzene rings is 1. The first-order valence-electron chi connectivity index (χ1n) is 7.70. The number of H-pyrrole nitrogens is 1. The number of hydrogen-bond donors (Lipinski definition) is 2. The second kappa shape index (κ2) is 7.06. The quantitative estimate of drug-likeness (QED) is 0.637.